The summed E-state index contributed by atoms with van der Waals surface area (Å²) >= 11 is 7.96. The fourth-order valence-corrected chi connectivity index (χ4v) is 4.42. The van der Waals surface area contributed by atoms with Gasteiger partial charge in [-0.05, 0) is 48.7 Å². The molecule has 2 aromatic rings. The van der Waals surface area contributed by atoms with Crippen molar-refractivity contribution in [1.82, 2.24) is 4.90 Å². The van der Waals surface area contributed by atoms with Gasteiger partial charge in [-0.3, -0.25) is 9.59 Å². The molecule has 0 atom stereocenters. The summed E-state index contributed by atoms with van der Waals surface area (Å²) in [5, 5.41) is 9.60. The smallest absolute Gasteiger partial charge is 0.306 e. The number of halogens is 1. The molecule has 0 bridgehead atoms. The molecule has 0 radical (unpaired) electrons. The number of hydrogen-bond donors (Lipinski definition) is 1. The van der Waals surface area contributed by atoms with Crippen molar-refractivity contribution in [2.24, 2.45) is 5.92 Å². The zero-order valence-corrected chi connectivity index (χ0v) is 17.6. The molecule has 152 valence electrons. The van der Waals surface area contributed by atoms with Crippen molar-refractivity contribution in [3.05, 3.63) is 59.1 Å². The number of aliphatic carboxylic acids is 1. The number of para-hydroxylation sites is 1. The highest BCUT2D eigenvalue weighted by Gasteiger charge is 2.25. The lowest BCUT2D eigenvalue weighted by Crippen LogP contribution is -2.39. The van der Waals surface area contributed by atoms with Gasteiger partial charge in [-0.25, -0.2) is 0 Å². The molecule has 1 aliphatic heterocycles. The molecule has 0 saturated carbocycles. The predicted octanol–water partition coefficient (Wildman–Crippen LogP) is 4.84. The molecule has 1 heterocycles. The third kappa shape index (κ3) is 5.55. The molecular weight excluding hydrogens is 410 g/mol. The van der Waals surface area contributed by atoms with Crippen LogP contribution in [0.25, 0.3) is 6.08 Å². The van der Waals surface area contributed by atoms with Crippen molar-refractivity contribution in [1.29, 1.82) is 0 Å². The second-order valence-electron chi connectivity index (χ2n) is 6.71. The first-order valence-electron chi connectivity index (χ1n) is 9.28. The number of nitrogens with zero attached hydrogens (tertiary/aromatic N) is 1. The van der Waals surface area contributed by atoms with E-state index in [1.165, 1.54) is 6.08 Å². The summed E-state index contributed by atoms with van der Waals surface area (Å²) in [6.07, 6.45) is 4.18. The number of piperidine rings is 1. The average Bonchev–Trinajstić information content (AvgIpc) is 2.73. The summed E-state index contributed by atoms with van der Waals surface area (Å²) in [5.41, 5.74) is 0.754. The monoisotopic (exact) mass is 431 g/mol. The average molecular weight is 432 g/mol. The second kappa shape index (κ2) is 9.85. The zero-order valence-electron chi connectivity index (χ0n) is 16.0. The summed E-state index contributed by atoms with van der Waals surface area (Å²) in [5.74, 6) is -0.469. The zero-order chi connectivity index (χ0) is 20.8. The molecule has 1 saturated heterocycles. The number of hydrogen-bond acceptors (Lipinski definition) is 4. The van der Waals surface area contributed by atoms with Crippen LogP contribution in [0.3, 0.4) is 0 Å². The van der Waals surface area contributed by atoms with Crippen LogP contribution in [0.2, 0.25) is 5.02 Å². The fourth-order valence-electron chi connectivity index (χ4n) is 3.15. The molecule has 0 spiro atoms. The third-order valence-corrected chi connectivity index (χ3v) is 6.20. The highest BCUT2D eigenvalue weighted by molar-refractivity contribution is 7.99. The molecule has 0 unspecified atom stereocenters. The maximum atomic E-state index is 12.4. The number of carbonyl (C=O) groups excluding carboxylic acids is 1. The largest absolute Gasteiger partial charge is 0.496 e. The quantitative estimate of drug-likeness (QED) is 0.663. The second-order valence-corrected chi connectivity index (χ2v) is 8.23. The van der Waals surface area contributed by atoms with Crippen molar-refractivity contribution in [3.8, 4) is 5.75 Å². The molecule has 1 N–H and O–H groups in total. The minimum atomic E-state index is -0.787. The van der Waals surface area contributed by atoms with Crippen LogP contribution in [0.15, 0.2) is 58.3 Å². The van der Waals surface area contributed by atoms with Gasteiger partial charge in [0.1, 0.15) is 5.75 Å². The predicted molar refractivity (Wildman–Crippen MR) is 115 cm³/mol. The Labute approximate surface area is 179 Å². The van der Waals surface area contributed by atoms with E-state index in [1.807, 2.05) is 42.5 Å². The molecule has 1 amide bonds. The molecule has 0 aliphatic carbocycles. The van der Waals surface area contributed by atoms with Crippen LogP contribution in [0.4, 0.5) is 0 Å². The third-order valence-electron chi connectivity index (χ3n) is 4.83. The van der Waals surface area contributed by atoms with Gasteiger partial charge in [0.15, 0.2) is 0 Å². The maximum absolute atomic E-state index is 12.4. The summed E-state index contributed by atoms with van der Waals surface area (Å²) in [4.78, 5) is 27.0. The summed E-state index contributed by atoms with van der Waals surface area (Å²) < 4.78 is 5.37. The van der Waals surface area contributed by atoms with Crippen LogP contribution < -0.4 is 4.74 Å². The number of methoxy groups -OCH3 is 1. The number of amides is 1. The molecular formula is C22H22ClNO4S. The fraction of sp³-hybridized carbons (Fsp3) is 0.273. The van der Waals surface area contributed by atoms with Crippen molar-refractivity contribution in [3.63, 3.8) is 0 Å². The van der Waals surface area contributed by atoms with Crippen LogP contribution in [0.5, 0.6) is 5.75 Å². The molecule has 5 nitrogen and oxygen atoms in total. The van der Waals surface area contributed by atoms with E-state index < -0.39 is 5.97 Å². The number of ether oxygens (including phenoxy) is 1. The van der Waals surface area contributed by atoms with E-state index >= 15 is 0 Å². The van der Waals surface area contributed by atoms with E-state index in [9.17, 15) is 9.59 Å². The van der Waals surface area contributed by atoms with Crippen molar-refractivity contribution >= 4 is 41.3 Å². The van der Waals surface area contributed by atoms with Crippen LogP contribution in [0, 0.1) is 5.92 Å². The molecule has 3 rings (SSSR count). The summed E-state index contributed by atoms with van der Waals surface area (Å²) in [7, 11) is 1.64. The van der Waals surface area contributed by atoms with Crippen LogP contribution in [-0.2, 0) is 9.59 Å². The molecule has 7 heteroatoms. The number of carboxylic acid groups (broad SMARTS) is 1. The van der Waals surface area contributed by atoms with Gasteiger partial charge in [0.2, 0.25) is 5.91 Å². The lowest BCUT2D eigenvalue weighted by molar-refractivity contribution is -0.144. The van der Waals surface area contributed by atoms with Crippen LogP contribution >= 0.6 is 23.4 Å². The number of rotatable bonds is 6. The van der Waals surface area contributed by atoms with E-state index in [4.69, 9.17) is 21.4 Å². The topological polar surface area (TPSA) is 66.8 Å². The Morgan fingerprint density at radius 2 is 1.93 bits per heavy atom. The van der Waals surface area contributed by atoms with Crippen LogP contribution in [0.1, 0.15) is 18.4 Å². The van der Waals surface area contributed by atoms with Gasteiger partial charge in [-0.2, -0.15) is 0 Å². The number of carbonyl (C=O) groups is 2. The number of likely N-dealkylation sites (tertiary alicyclic amines) is 1. The van der Waals surface area contributed by atoms with E-state index in [1.54, 1.807) is 29.8 Å². The Bertz CT molecular complexity index is 923. The SMILES string of the molecule is COc1ccccc1Sc1ccc(/C=C/C(=O)N2CCC(C(=O)O)CC2)c(Cl)c1. The first-order valence-corrected chi connectivity index (χ1v) is 10.5. The van der Waals surface area contributed by atoms with Gasteiger partial charge in [-0.1, -0.05) is 41.6 Å². The minimum absolute atomic E-state index is 0.127. The van der Waals surface area contributed by atoms with Gasteiger partial charge >= 0.3 is 5.97 Å². The molecule has 1 fully saturated rings. The molecule has 29 heavy (non-hydrogen) atoms. The van der Waals surface area contributed by atoms with E-state index in [0.717, 1.165) is 21.1 Å². The summed E-state index contributed by atoms with van der Waals surface area (Å²) in [6, 6.07) is 13.5. The Hall–Kier alpha value is -2.44. The van der Waals surface area contributed by atoms with Gasteiger partial charge in [0, 0.05) is 29.1 Å². The minimum Gasteiger partial charge on any atom is -0.496 e. The van der Waals surface area contributed by atoms with Gasteiger partial charge in [-0.15, -0.1) is 0 Å². The number of benzene rings is 2. The van der Waals surface area contributed by atoms with Crippen molar-refractivity contribution in [2.75, 3.05) is 20.2 Å². The van der Waals surface area contributed by atoms with Gasteiger partial charge in [0.05, 0.1) is 17.9 Å². The molecule has 0 aromatic heterocycles. The van der Waals surface area contributed by atoms with E-state index in [2.05, 4.69) is 0 Å². The Morgan fingerprint density at radius 3 is 2.59 bits per heavy atom. The lowest BCUT2D eigenvalue weighted by atomic mass is 9.97. The number of carboxylic acids is 1. The highest BCUT2D eigenvalue weighted by atomic mass is 35.5. The molecule has 2 aromatic carbocycles. The van der Waals surface area contributed by atoms with Crippen molar-refractivity contribution in [2.45, 2.75) is 22.6 Å². The van der Waals surface area contributed by atoms with Crippen molar-refractivity contribution < 1.29 is 19.4 Å². The first kappa shape index (κ1) is 21.3. The van der Waals surface area contributed by atoms with Crippen LogP contribution in [-0.4, -0.2) is 42.1 Å². The Balaban J connectivity index is 1.63. The Kier molecular flexibility index (Phi) is 7.23. The van der Waals surface area contributed by atoms with Gasteiger partial charge < -0.3 is 14.7 Å². The summed E-state index contributed by atoms with van der Waals surface area (Å²) in [6.45, 7) is 0.921. The normalized spacial score (nSPS) is 14.9. The molecule has 1 aliphatic rings. The van der Waals surface area contributed by atoms with E-state index in [-0.39, 0.29) is 11.8 Å². The Morgan fingerprint density at radius 1 is 1.21 bits per heavy atom. The van der Waals surface area contributed by atoms with Gasteiger partial charge in [0.25, 0.3) is 0 Å². The maximum Gasteiger partial charge on any atom is 0.306 e. The standard InChI is InChI=1S/C22H22ClNO4S/c1-28-19-4-2-3-5-20(19)29-17-8-6-15(18(23)14-17)7-9-21(25)24-12-10-16(11-13-24)22(26)27/h2-9,14,16H,10-13H2,1H3,(H,26,27)/b9-7+. The highest BCUT2D eigenvalue weighted by Crippen LogP contribution is 2.36. The first-order chi connectivity index (χ1) is 14.0. The van der Waals surface area contributed by atoms with E-state index in [0.29, 0.717) is 31.0 Å². The lowest BCUT2D eigenvalue weighted by Gasteiger charge is -2.29.